The molecule has 1 atom stereocenters. The summed E-state index contributed by atoms with van der Waals surface area (Å²) in [4.78, 5) is 13.3. The first-order valence-electron chi connectivity index (χ1n) is 6.79. The molecule has 19 heavy (non-hydrogen) atoms. The van der Waals surface area contributed by atoms with Crippen molar-refractivity contribution in [1.29, 1.82) is 0 Å². The zero-order chi connectivity index (χ0) is 14.8. The summed E-state index contributed by atoms with van der Waals surface area (Å²) in [6.07, 6.45) is 1.46. The number of allylic oxidation sites excluding steroid dienone is 1. The number of likely N-dealkylation sites (tertiary alicyclic amines) is 1. The number of amides is 1. The summed E-state index contributed by atoms with van der Waals surface area (Å²) >= 11 is 0. The second kappa shape index (κ2) is 5.67. The Labute approximate surface area is 117 Å². The molecule has 1 heterocycles. The lowest BCUT2D eigenvalue weighted by Crippen LogP contribution is -2.49. The number of hydrogen-bond acceptors (Lipinski definition) is 3. The van der Waals surface area contributed by atoms with Crippen molar-refractivity contribution in [2.75, 3.05) is 13.7 Å². The van der Waals surface area contributed by atoms with Gasteiger partial charge in [-0.05, 0) is 31.0 Å². The molecule has 0 N–H and O–H groups in total. The number of ether oxygens (including phenoxy) is 1. The molecule has 4 nitrogen and oxygen atoms in total. The van der Waals surface area contributed by atoms with Crippen LogP contribution in [0.2, 0.25) is 18.1 Å². The van der Waals surface area contributed by atoms with Gasteiger partial charge < -0.3 is 9.16 Å². The molecule has 0 aromatic heterocycles. The van der Waals surface area contributed by atoms with Gasteiger partial charge >= 0.3 is 6.09 Å². The van der Waals surface area contributed by atoms with Crippen molar-refractivity contribution in [3.8, 4) is 0 Å². The molecule has 0 spiro atoms. The van der Waals surface area contributed by atoms with Crippen molar-refractivity contribution in [3.05, 3.63) is 12.3 Å². The number of rotatable bonds is 2. The van der Waals surface area contributed by atoms with Gasteiger partial charge in [0.2, 0.25) is 0 Å². The van der Waals surface area contributed by atoms with Crippen LogP contribution in [-0.2, 0) is 9.16 Å². The van der Waals surface area contributed by atoms with Crippen LogP contribution >= 0.6 is 0 Å². The summed E-state index contributed by atoms with van der Waals surface area (Å²) in [5, 5.41) is 0.178. The Morgan fingerprint density at radius 3 is 2.47 bits per heavy atom. The van der Waals surface area contributed by atoms with E-state index in [-0.39, 0.29) is 17.2 Å². The van der Waals surface area contributed by atoms with E-state index in [0.29, 0.717) is 6.54 Å². The quantitative estimate of drug-likeness (QED) is 0.725. The third kappa shape index (κ3) is 3.83. The monoisotopic (exact) mass is 285 g/mol. The van der Waals surface area contributed by atoms with Crippen LogP contribution < -0.4 is 0 Å². The van der Waals surface area contributed by atoms with E-state index in [2.05, 4.69) is 40.4 Å². The van der Waals surface area contributed by atoms with Crippen LogP contribution in [-0.4, -0.2) is 39.1 Å². The van der Waals surface area contributed by atoms with Crippen LogP contribution in [0.5, 0.6) is 0 Å². The molecular weight excluding hydrogens is 258 g/mol. The van der Waals surface area contributed by atoms with E-state index in [1.807, 2.05) is 0 Å². The fraction of sp³-hybridized carbons (Fsp3) is 0.786. The van der Waals surface area contributed by atoms with Gasteiger partial charge in [0.1, 0.15) is 0 Å². The summed E-state index contributed by atoms with van der Waals surface area (Å²) in [6.45, 7) is 15.6. The summed E-state index contributed by atoms with van der Waals surface area (Å²) in [6, 6.07) is 0. The minimum atomic E-state index is -1.80. The highest BCUT2D eigenvalue weighted by molar-refractivity contribution is 6.74. The molecule has 1 saturated heterocycles. The highest BCUT2D eigenvalue weighted by atomic mass is 28.4. The van der Waals surface area contributed by atoms with E-state index in [0.717, 1.165) is 18.5 Å². The summed E-state index contributed by atoms with van der Waals surface area (Å²) in [5.41, 5.74) is 0.821. The number of carbonyl (C=O) groups excluding carboxylic acids is 1. The van der Waals surface area contributed by atoms with Gasteiger partial charge in [-0.2, -0.15) is 0 Å². The van der Waals surface area contributed by atoms with Gasteiger partial charge in [0.25, 0.3) is 0 Å². The number of methoxy groups -OCH3 is 1. The number of piperidine rings is 1. The Morgan fingerprint density at radius 2 is 2.00 bits per heavy atom. The molecule has 1 fully saturated rings. The molecule has 1 aliphatic heterocycles. The summed E-state index contributed by atoms with van der Waals surface area (Å²) < 4.78 is 11.2. The molecule has 0 aromatic rings. The number of carbonyl (C=O) groups is 1. The first kappa shape index (κ1) is 16.2. The minimum Gasteiger partial charge on any atom is -0.452 e. The normalized spacial score (nSPS) is 21.5. The van der Waals surface area contributed by atoms with Crippen LogP contribution in [0.3, 0.4) is 0 Å². The van der Waals surface area contributed by atoms with Crippen molar-refractivity contribution in [2.45, 2.75) is 57.8 Å². The van der Waals surface area contributed by atoms with Gasteiger partial charge in [-0.3, -0.25) is 4.90 Å². The third-order valence-electron chi connectivity index (χ3n) is 4.19. The lowest BCUT2D eigenvalue weighted by Gasteiger charge is -2.42. The van der Waals surface area contributed by atoms with Crippen molar-refractivity contribution in [1.82, 2.24) is 4.90 Å². The molecule has 110 valence electrons. The van der Waals surface area contributed by atoms with Gasteiger partial charge in [0.05, 0.1) is 19.8 Å². The molecule has 1 amide bonds. The van der Waals surface area contributed by atoms with Crippen LogP contribution in [0.4, 0.5) is 4.79 Å². The molecule has 1 rings (SSSR count). The SMILES string of the molecule is C=C1CCC(O[Si](C)(C)C(C)(C)C)CN1C(=O)OC. The van der Waals surface area contributed by atoms with Gasteiger partial charge in [-0.1, -0.05) is 27.4 Å². The first-order valence-corrected chi connectivity index (χ1v) is 9.70. The van der Waals surface area contributed by atoms with E-state index in [4.69, 9.17) is 9.16 Å². The first-order chi connectivity index (χ1) is 8.58. The van der Waals surface area contributed by atoms with Gasteiger partial charge in [0.15, 0.2) is 8.32 Å². The molecule has 0 saturated carbocycles. The molecule has 1 aliphatic rings. The second-order valence-corrected chi connectivity index (χ2v) is 11.4. The molecular formula is C14H27NO3Si. The topological polar surface area (TPSA) is 38.8 Å². The highest BCUT2D eigenvalue weighted by Crippen LogP contribution is 2.38. The van der Waals surface area contributed by atoms with Crippen molar-refractivity contribution < 1.29 is 14.0 Å². The molecule has 1 unspecified atom stereocenters. The maximum Gasteiger partial charge on any atom is 0.413 e. The van der Waals surface area contributed by atoms with Crippen LogP contribution in [0, 0.1) is 0 Å². The van der Waals surface area contributed by atoms with Crippen LogP contribution in [0.25, 0.3) is 0 Å². The third-order valence-corrected chi connectivity index (χ3v) is 8.72. The van der Waals surface area contributed by atoms with E-state index in [1.165, 1.54) is 7.11 Å². The Bertz CT molecular complexity index is 352. The van der Waals surface area contributed by atoms with Crippen molar-refractivity contribution in [2.24, 2.45) is 0 Å². The molecule has 0 aliphatic carbocycles. The summed E-state index contributed by atoms with van der Waals surface area (Å²) in [7, 11) is -0.401. The van der Waals surface area contributed by atoms with E-state index < -0.39 is 8.32 Å². The maximum absolute atomic E-state index is 11.7. The standard InChI is InChI=1S/C14H27NO3Si/c1-11-8-9-12(10-15(11)13(16)17-5)18-19(6,7)14(2,3)4/h12H,1,8-10H2,2-7H3. The predicted molar refractivity (Wildman–Crippen MR) is 79.6 cm³/mol. The van der Waals surface area contributed by atoms with Gasteiger partial charge in [-0.25, -0.2) is 4.79 Å². The Kier molecular flexibility index (Phi) is 4.85. The average molecular weight is 285 g/mol. The van der Waals surface area contributed by atoms with Gasteiger partial charge in [0, 0.05) is 5.70 Å². The zero-order valence-electron chi connectivity index (χ0n) is 13.1. The molecule has 0 aromatic carbocycles. The number of nitrogens with zero attached hydrogens (tertiary/aromatic N) is 1. The molecule has 0 radical (unpaired) electrons. The molecule has 5 heteroatoms. The van der Waals surface area contributed by atoms with Gasteiger partial charge in [-0.15, -0.1) is 0 Å². The second-order valence-electron chi connectivity index (χ2n) is 6.69. The summed E-state index contributed by atoms with van der Waals surface area (Å²) in [5.74, 6) is 0. The van der Waals surface area contributed by atoms with E-state index in [9.17, 15) is 4.79 Å². The van der Waals surface area contributed by atoms with Crippen LogP contribution in [0.15, 0.2) is 12.3 Å². The largest absolute Gasteiger partial charge is 0.452 e. The lowest BCUT2D eigenvalue weighted by molar-refractivity contribution is 0.0820. The Balaban J connectivity index is 2.72. The lowest BCUT2D eigenvalue weighted by atomic mass is 10.1. The Hall–Kier alpha value is -0.813. The fourth-order valence-corrected chi connectivity index (χ4v) is 3.27. The van der Waals surface area contributed by atoms with E-state index >= 15 is 0 Å². The zero-order valence-corrected chi connectivity index (χ0v) is 14.1. The van der Waals surface area contributed by atoms with Crippen molar-refractivity contribution >= 4 is 14.4 Å². The van der Waals surface area contributed by atoms with Crippen LogP contribution in [0.1, 0.15) is 33.6 Å². The minimum absolute atomic E-state index is 0.0884. The average Bonchev–Trinajstić information content (AvgIpc) is 2.29. The predicted octanol–water partition coefficient (Wildman–Crippen LogP) is 3.75. The number of hydrogen-bond donors (Lipinski definition) is 0. The van der Waals surface area contributed by atoms with Crippen molar-refractivity contribution in [3.63, 3.8) is 0 Å². The maximum atomic E-state index is 11.7. The smallest absolute Gasteiger partial charge is 0.413 e. The highest BCUT2D eigenvalue weighted by Gasteiger charge is 2.40. The molecule has 0 bridgehead atoms. The fourth-order valence-electron chi connectivity index (χ4n) is 1.89. The van der Waals surface area contributed by atoms with E-state index in [1.54, 1.807) is 4.90 Å². The Morgan fingerprint density at radius 1 is 1.42 bits per heavy atom.